The molecule has 6 heteroatoms. The van der Waals surface area contributed by atoms with Gasteiger partial charge in [-0.25, -0.2) is 8.42 Å². The first-order chi connectivity index (χ1) is 11.5. The minimum absolute atomic E-state index is 0.0355. The van der Waals surface area contributed by atoms with Crippen LogP contribution in [0.4, 0.5) is 0 Å². The van der Waals surface area contributed by atoms with Gasteiger partial charge in [-0.1, -0.05) is 30.3 Å². The summed E-state index contributed by atoms with van der Waals surface area (Å²) < 4.78 is 28.6. The van der Waals surface area contributed by atoms with Crippen molar-refractivity contribution in [2.45, 2.75) is 18.9 Å². The van der Waals surface area contributed by atoms with Crippen molar-refractivity contribution < 1.29 is 17.6 Å². The zero-order valence-corrected chi connectivity index (χ0v) is 13.8. The maximum absolute atomic E-state index is 12.3. The largest absolute Gasteiger partial charge is 0.464 e. The summed E-state index contributed by atoms with van der Waals surface area (Å²) in [4.78, 5) is 12.3. The molecule has 0 radical (unpaired) electrons. The van der Waals surface area contributed by atoms with Crippen LogP contribution in [0.1, 0.15) is 12.0 Å². The van der Waals surface area contributed by atoms with E-state index in [-0.39, 0.29) is 29.9 Å². The smallest absolute Gasteiger partial charge is 0.224 e. The molecule has 0 bridgehead atoms. The van der Waals surface area contributed by atoms with E-state index in [4.69, 9.17) is 4.42 Å². The van der Waals surface area contributed by atoms with Gasteiger partial charge in [-0.05, 0) is 23.3 Å². The zero-order chi connectivity index (χ0) is 16.7. The van der Waals surface area contributed by atoms with E-state index in [2.05, 4.69) is 5.32 Å². The highest BCUT2D eigenvalue weighted by atomic mass is 32.2. The molecule has 2 aromatic carbocycles. The summed E-state index contributed by atoms with van der Waals surface area (Å²) in [6.45, 7) is 0. The molecule has 1 aromatic heterocycles. The summed E-state index contributed by atoms with van der Waals surface area (Å²) in [5, 5.41) is 5.92. The third-order valence-corrected chi connectivity index (χ3v) is 6.26. The second kappa shape index (κ2) is 5.63. The van der Waals surface area contributed by atoms with Gasteiger partial charge in [0.2, 0.25) is 5.91 Å². The average Bonchev–Trinajstić information content (AvgIpc) is 3.10. The second-order valence-corrected chi connectivity index (χ2v) is 8.49. The zero-order valence-electron chi connectivity index (χ0n) is 13.0. The molecule has 0 aliphatic carbocycles. The fourth-order valence-electron chi connectivity index (χ4n) is 3.37. The molecule has 0 saturated carbocycles. The van der Waals surface area contributed by atoms with E-state index in [0.29, 0.717) is 6.42 Å². The molecular weight excluding hydrogens is 326 g/mol. The molecule has 1 N–H and O–H groups in total. The lowest BCUT2D eigenvalue weighted by Crippen LogP contribution is -2.36. The minimum Gasteiger partial charge on any atom is -0.464 e. The summed E-state index contributed by atoms with van der Waals surface area (Å²) in [5.74, 6) is 0.0122. The van der Waals surface area contributed by atoms with Crippen LogP contribution in [0.2, 0.25) is 0 Å². The second-order valence-electron chi connectivity index (χ2n) is 6.27. The van der Waals surface area contributed by atoms with Gasteiger partial charge in [-0.15, -0.1) is 0 Å². The number of hydrogen-bond donors (Lipinski definition) is 1. The van der Waals surface area contributed by atoms with Gasteiger partial charge in [0, 0.05) is 17.0 Å². The van der Waals surface area contributed by atoms with Crippen LogP contribution in [0.25, 0.3) is 21.7 Å². The van der Waals surface area contributed by atoms with Crippen LogP contribution in [-0.2, 0) is 21.1 Å². The Labute approximate surface area is 139 Å². The van der Waals surface area contributed by atoms with Crippen molar-refractivity contribution in [2.75, 3.05) is 11.5 Å². The number of fused-ring (bicyclic) bond motifs is 3. The number of benzene rings is 2. The number of hydrogen-bond acceptors (Lipinski definition) is 4. The molecule has 2 heterocycles. The number of nitrogens with one attached hydrogen (secondary N) is 1. The predicted molar refractivity (Wildman–Crippen MR) is 92.6 cm³/mol. The van der Waals surface area contributed by atoms with E-state index in [1.165, 1.54) is 0 Å². The van der Waals surface area contributed by atoms with Crippen molar-refractivity contribution >= 4 is 37.5 Å². The number of furan rings is 1. The van der Waals surface area contributed by atoms with E-state index in [1.54, 1.807) is 6.26 Å². The third-order valence-electron chi connectivity index (χ3n) is 4.49. The normalized spacial score (nSPS) is 19.8. The quantitative estimate of drug-likeness (QED) is 0.792. The van der Waals surface area contributed by atoms with Gasteiger partial charge in [0.15, 0.2) is 9.84 Å². The molecule has 3 aromatic rings. The van der Waals surface area contributed by atoms with Crippen molar-refractivity contribution in [2.24, 2.45) is 0 Å². The highest BCUT2D eigenvalue weighted by molar-refractivity contribution is 7.91. The predicted octanol–water partition coefficient (Wildman–Crippen LogP) is 2.43. The summed E-state index contributed by atoms with van der Waals surface area (Å²) >= 11 is 0. The molecule has 0 spiro atoms. The van der Waals surface area contributed by atoms with Gasteiger partial charge in [0.25, 0.3) is 0 Å². The van der Waals surface area contributed by atoms with Crippen molar-refractivity contribution in [1.82, 2.24) is 5.32 Å². The third kappa shape index (κ3) is 2.78. The molecular formula is C18H17NO4S. The van der Waals surface area contributed by atoms with E-state index in [9.17, 15) is 13.2 Å². The average molecular weight is 343 g/mol. The molecule has 4 rings (SSSR count). The minimum atomic E-state index is -3.00. The van der Waals surface area contributed by atoms with Gasteiger partial charge >= 0.3 is 0 Å². The van der Waals surface area contributed by atoms with Gasteiger partial charge in [0.05, 0.1) is 24.2 Å². The van der Waals surface area contributed by atoms with E-state index in [1.807, 2.05) is 36.4 Å². The molecule has 5 nitrogen and oxygen atoms in total. The highest BCUT2D eigenvalue weighted by Gasteiger charge is 2.29. The SMILES string of the molecule is O=C(Cc1coc2ccc3ccccc3c12)NC1CCS(=O)(=O)C1. The Balaban J connectivity index is 1.60. The Morgan fingerprint density at radius 2 is 2.04 bits per heavy atom. The van der Waals surface area contributed by atoms with Gasteiger partial charge < -0.3 is 9.73 Å². The molecule has 1 aliphatic heterocycles. The maximum Gasteiger partial charge on any atom is 0.224 e. The van der Waals surface area contributed by atoms with Crippen molar-refractivity contribution in [3.05, 3.63) is 48.2 Å². The molecule has 1 unspecified atom stereocenters. The highest BCUT2D eigenvalue weighted by Crippen LogP contribution is 2.30. The molecule has 1 atom stereocenters. The van der Waals surface area contributed by atoms with Crippen LogP contribution in [-0.4, -0.2) is 31.9 Å². The monoisotopic (exact) mass is 343 g/mol. The fourth-order valence-corrected chi connectivity index (χ4v) is 5.04. The van der Waals surface area contributed by atoms with Crippen LogP contribution in [0.15, 0.2) is 47.1 Å². The first kappa shape index (κ1) is 15.2. The van der Waals surface area contributed by atoms with Crippen LogP contribution in [0.3, 0.4) is 0 Å². The molecule has 1 aliphatic rings. The van der Waals surface area contributed by atoms with Gasteiger partial charge in [0.1, 0.15) is 5.58 Å². The Bertz CT molecular complexity index is 1040. The molecule has 24 heavy (non-hydrogen) atoms. The van der Waals surface area contributed by atoms with Crippen LogP contribution >= 0.6 is 0 Å². The first-order valence-electron chi connectivity index (χ1n) is 7.89. The van der Waals surface area contributed by atoms with Crippen LogP contribution < -0.4 is 5.32 Å². The standard InChI is InChI=1S/C18H17NO4S/c20-17(19-14-7-8-24(21,22)11-14)9-13-10-23-16-6-5-12-3-1-2-4-15(12)18(13)16/h1-6,10,14H,7-9,11H2,(H,19,20). The Hall–Kier alpha value is -2.34. The number of carbonyl (C=O) groups is 1. The van der Waals surface area contributed by atoms with Gasteiger partial charge in [-0.2, -0.15) is 0 Å². The summed E-state index contributed by atoms with van der Waals surface area (Å²) in [6.07, 6.45) is 2.28. The maximum atomic E-state index is 12.3. The summed E-state index contributed by atoms with van der Waals surface area (Å²) in [6, 6.07) is 11.6. The molecule has 124 valence electrons. The summed E-state index contributed by atoms with van der Waals surface area (Å²) in [5.41, 5.74) is 1.57. The van der Waals surface area contributed by atoms with Crippen molar-refractivity contribution in [3.8, 4) is 0 Å². The topological polar surface area (TPSA) is 76.4 Å². The lowest BCUT2D eigenvalue weighted by Gasteiger charge is -2.10. The fraction of sp³-hybridized carbons (Fsp3) is 0.278. The van der Waals surface area contributed by atoms with E-state index < -0.39 is 9.84 Å². The Morgan fingerprint density at radius 1 is 1.21 bits per heavy atom. The lowest BCUT2D eigenvalue weighted by atomic mass is 10.0. The van der Waals surface area contributed by atoms with Crippen LogP contribution in [0, 0.1) is 0 Å². The van der Waals surface area contributed by atoms with Crippen molar-refractivity contribution in [1.29, 1.82) is 0 Å². The van der Waals surface area contributed by atoms with E-state index >= 15 is 0 Å². The van der Waals surface area contributed by atoms with E-state index in [0.717, 1.165) is 27.3 Å². The van der Waals surface area contributed by atoms with Crippen LogP contribution in [0.5, 0.6) is 0 Å². The van der Waals surface area contributed by atoms with Crippen molar-refractivity contribution in [3.63, 3.8) is 0 Å². The van der Waals surface area contributed by atoms with Gasteiger partial charge in [-0.3, -0.25) is 4.79 Å². The lowest BCUT2D eigenvalue weighted by molar-refractivity contribution is -0.120. The summed E-state index contributed by atoms with van der Waals surface area (Å²) in [7, 11) is -3.00. The number of sulfone groups is 1. The molecule has 1 amide bonds. The Morgan fingerprint density at radius 3 is 2.83 bits per heavy atom. The Kier molecular flexibility index (Phi) is 3.57. The molecule has 1 fully saturated rings. The number of rotatable bonds is 3. The number of carbonyl (C=O) groups excluding carboxylic acids is 1. The first-order valence-corrected chi connectivity index (χ1v) is 9.71. The number of amides is 1. The molecule has 1 saturated heterocycles.